The average molecular weight is 694 g/mol. The summed E-state index contributed by atoms with van der Waals surface area (Å²) in [7, 11) is 0. The molecule has 0 atom stereocenters. The lowest BCUT2D eigenvalue weighted by molar-refractivity contribution is 0.223. The maximum Gasteiger partial charge on any atom is 0.269 e. The Morgan fingerprint density at radius 2 is 0.943 bits per heavy atom. The molecule has 3 aromatic carbocycles. The van der Waals surface area contributed by atoms with Crippen LogP contribution in [0.2, 0.25) is 0 Å². The molecule has 0 N–H and O–H groups in total. The van der Waals surface area contributed by atoms with Gasteiger partial charge in [-0.25, -0.2) is 20.2 Å². The van der Waals surface area contributed by atoms with E-state index >= 15 is 0 Å². The summed E-state index contributed by atoms with van der Waals surface area (Å²) in [6, 6.07) is 30.5. The summed E-state index contributed by atoms with van der Waals surface area (Å²) in [4.78, 5) is 8.97. The molecule has 2 aliphatic heterocycles. The van der Waals surface area contributed by atoms with Gasteiger partial charge < -0.3 is 14.4 Å². The maximum absolute atomic E-state index is 9.48. The Morgan fingerprint density at radius 1 is 0.566 bits per heavy atom. The number of para-hydroxylation sites is 1. The number of hydrogen-bond acceptors (Lipinski definition) is 5. The number of nitriles is 2. The van der Waals surface area contributed by atoms with Gasteiger partial charge in [-0.3, -0.25) is 0 Å². The highest BCUT2D eigenvalue weighted by atomic mass is 16.5. The molecule has 0 saturated carbocycles. The Hall–Kier alpha value is -7.06. The number of rotatable bonds is 7. The van der Waals surface area contributed by atoms with Crippen molar-refractivity contribution < 1.29 is 9.47 Å². The zero-order valence-corrected chi connectivity index (χ0v) is 30.7. The molecule has 2 aliphatic rings. The van der Waals surface area contributed by atoms with Crippen molar-refractivity contribution in [2.24, 2.45) is 10.8 Å². The third kappa shape index (κ3) is 9.19. The molecule has 0 aromatic heterocycles. The van der Waals surface area contributed by atoms with Gasteiger partial charge in [0.2, 0.25) is 0 Å². The zero-order chi connectivity index (χ0) is 38.2. The number of benzene rings is 3. The van der Waals surface area contributed by atoms with Gasteiger partial charge in [0.05, 0.1) is 25.3 Å². The molecule has 0 amide bonds. The van der Waals surface area contributed by atoms with Crippen molar-refractivity contribution in [3.05, 3.63) is 195 Å². The van der Waals surface area contributed by atoms with E-state index < -0.39 is 0 Å². The van der Waals surface area contributed by atoms with E-state index in [9.17, 15) is 10.5 Å². The largest absolute Gasteiger partial charge is 0.461 e. The van der Waals surface area contributed by atoms with Crippen LogP contribution in [-0.2, 0) is 9.47 Å². The Labute approximate surface area is 312 Å². The SMILES string of the molecule is [C-]#[N+]/C(C#N)=C1C=C(/C=C/c2ccc(N(c3ccccc3)c3ccc(/C=C/C4=CC(=C(/C#N)[N+]#[C-])/C=C(C(C)(C)C)O4)cc3)cc2)OC(C(C)(C)C)=C/1. The molecule has 0 spiro atoms. The molecule has 7 nitrogen and oxygen atoms in total. The van der Waals surface area contributed by atoms with Crippen molar-refractivity contribution in [1.82, 2.24) is 0 Å². The predicted octanol–water partition coefficient (Wildman–Crippen LogP) is 12.3. The van der Waals surface area contributed by atoms with Gasteiger partial charge in [0.1, 0.15) is 23.0 Å². The molecular weight excluding hydrogens is 655 g/mol. The van der Waals surface area contributed by atoms with Gasteiger partial charge in [-0.15, -0.1) is 0 Å². The second kappa shape index (κ2) is 15.9. The molecule has 3 aromatic rings. The van der Waals surface area contributed by atoms with E-state index in [4.69, 9.17) is 22.6 Å². The quantitative estimate of drug-likeness (QED) is 0.182. The molecule has 0 aliphatic carbocycles. The highest BCUT2D eigenvalue weighted by Crippen LogP contribution is 2.37. The van der Waals surface area contributed by atoms with Gasteiger partial charge in [-0.05, 0) is 95.1 Å². The van der Waals surface area contributed by atoms with Crippen molar-refractivity contribution in [3.63, 3.8) is 0 Å². The molecule has 0 saturated heterocycles. The first-order valence-corrected chi connectivity index (χ1v) is 17.0. The number of ether oxygens (including phenoxy) is 2. The van der Waals surface area contributed by atoms with E-state index in [1.165, 1.54) is 0 Å². The minimum atomic E-state index is -0.308. The molecule has 0 unspecified atom stereocenters. The number of allylic oxidation sites excluding steroid dienone is 12. The van der Waals surface area contributed by atoms with Crippen LogP contribution in [0.5, 0.6) is 0 Å². The highest BCUT2D eigenvalue weighted by Gasteiger charge is 2.25. The first-order chi connectivity index (χ1) is 25.3. The smallest absolute Gasteiger partial charge is 0.269 e. The minimum Gasteiger partial charge on any atom is -0.461 e. The van der Waals surface area contributed by atoms with E-state index in [0.29, 0.717) is 34.2 Å². The van der Waals surface area contributed by atoms with Crippen LogP contribution in [0.15, 0.2) is 161 Å². The summed E-state index contributed by atoms with van der Waals surface area (Å²) < 4.78 is 12.3. The van der Waals surface area contributed by atoms with Crippen LogP contribution >= 0.6 is 0 Å². The van der Waals surface area contributed by atoms with Gasteiger partial charge in [-0.2, -0.15) is 0 Å². The van der Waals surface area contributed by atoms with Crippen LogP contribution in [-0.4, -0.2) is 0 Å². The van der Waals surface area contributed by atoms with Gasteiger partial charge in [0, 0.05) is 27.9 Å². The fourth-order valence-electron chi connectivity index (χ4n) is 5.38. The van der Waals surface area contributed by atoms with Crippen molar-refractivity contribution in [2.45, 2.75) is 41.5 Å². The summed E-state index contributed by atoms with van der Waals surface area (Å²) in [5.74, 6) is 2.48. The van der Waals surface area contributed by atoms with E-state index in [1.54, 1.807) is 24.3 Å². The summed E-state index contributed by atoms with van der Waals surface area (Å²) >= 11 is 0. The average Bonchev–Trinajstić information content (AvgIpc) is 3.15. The highest BCUT2D eigenvalue weighted by molar-refractivity contribution is 5.77. The van der Waals surface area contributed by atoms with Gasteiger partial charge in [0.25, 0.3) is 11.4 Å². The first-order valence-electron chi connectivity index (χ1n) is 17.0. The second-order valence-electron chi connectivity index (χ2n) is 14.4. The maximum atomic E-state index is 9.48. The monoisotopic (exact) mass is 693 g/mol. The van der Waals surface area contributed by atoms with Crippen LogP contribution in [0.4, 0.5) is 17.1 Å². The van der Waals surface area contributed by atoms with E-state index in [0.717, 1.165) is 28.2 Å². The predicted molar refractivity (Wildman–Crippen MR) is 211 cm³/mol. The minimum absolute atomic E-state index is 0.0252. The number of anilines is 3. The Balaban J connectivity index is 1.40. The Morgan fingerprint density at radius 3 is 1.28 bits per heavy atom. The molecule has 260 valence electrons. The van der Waals surface area contributed by atoms with Crippen LogP contribution in [0, 0.1) is 46.6 Å². The molecule has 7 heteroatoms. The zero-order valence-electron chi connectivity index (χ0n) is 30.7. The third-order valence-electron chi connectivity index (χ3n) is 8.28. The lowest BCUT2D eigenvalue weighted by atomic mass is 9.91. The molecule has 2 heterocycles. The molecule has 53 heavy (non-hydrogen) atoms. The molecule has 0 bridgehead atoms. The first kappa shape index (κ1) is 37.2. The summed E-state index contributed by atoms with van der Waals surface area (Å²) in [5, 5.41) is 19.0. The molecule has 0 radical (unpaired) electrons. The van der Waals surface area contributed by atoms with Crippen LogP contribution in [0.3, 0.4) is 0 Å². The number of nitrogens with zero attached hydrogens (tertiary/aromatic N) is 5. The summed E-state index contributed by atoms with van der Waals surface area (Å²) in [6.45, 7) is 27.0. The standard InChI is InChI=1S/C46H39N5O2/c1-45(2,3)43-28-34(41(30-47)49-7)26-39(52-43)24-18-32-14-20-37(21-15-32)51(36-12-10-9-11-13-36)38-22-16-33(17-23-38)19-25-40-27-35(42(31-48)50-8)29-44(53-40)46(4,5)6/h9-29H,1-6H3/b24-18+,25-19+,41-34-,42-35+. The summed E-state index contributed by atoms with van der Waals surface area (Å²) in [5.41, 5.74) is 5.36. The van der Waals surface area contributed by atoms with E-state index in [-0.39, 0.29) is 22.2 Å². The van der Waals surface area contributed by atoms with Crippen molar-refractivity contribution in [1.29, 1.82) is 10.5 Å². The Kier molecular flexibility index (Phi) is 11.1. The second-order valence-corrected chi connectivity index (χ2v) is 14.4. The van der Waals surface area contributed by atoms with Gasteiger partial charge in [0.15, 0.2) is 0 Å². The van der Waals surface area contributed by atoms with E-state index in [1.807, 2.05) is 120 Å². The number of hydrogen-bond donors (Lipinski definition) is 0. The van der Waals surface area contributed by atoms with Crippen molar-refractivity contribution in [3.8, 4) is 12.1 Å². The molecule has 5 rings (SSSR count). The summed E-state index contributed by atoms with van der Waals surface area (Å²) in [6.07, 6.45) is 14.6. The van der Waals surface area contributed by atoms with Crippen LogP contribution in [0.1, 0.15) is 52.7 Å². The van der Waals surface area contributed by atoms with Crippen LogP contribution < -0.4 is 4.90 Å². The lowest BCUT2D eigenvalue weighted by Crippen LogP contribution is -2.15. The topological polar surface area (TPSA) is 78.0 Å². The third-order valence-corrected chi connectivity index (χ3v) is 8.28. The fraction of sp³-hybridized carbons (Fsp3) is 0.174. The van der Waals surface area contributed by atoms with E-state index in [2.05, 4.69) is 51.0 Å². The van der Waals surface area contributed by atoms with Crippen molar-refractivity contribution in [2.75, 3.05) is 4.90 Å². The van der Waals surface area contributed by atoms with Gasteiger partial charge in [-0.1, -0.05) is 96.2 Å². The lowest BCUT2D eigenvalue weighted by Gasteiger charge is -2.27. The molecular formula is C46H39N5O2. The molecule has 0 fully saturated rings. The van der Waals surface area contributed by atoms with Crippen LogP contribution in [0.25, 0.3) is 21.8 Å². The van der Waals surface area contributed by atoms with Gasteiger partial charge >= 0.3 is 0 Å². The van der Waals surface area contributed by atoms with Crippen molar-refractivity contribution >= 4 is 29.2 Å². The Bertz CT molecular complexity index is 2130. The normalized spacial score (nSPS) is 16.3. The fourth-order valence-corrected chi connectivity index (χ4v) is 5.38.